The average Bonchev–Trinajstić information content (AvgIpc) is 2.70. The minimum Gasteiger partial charge on any atom is -0.490 e. The fraction of sp³-hybridized carbons (Fsp3) is 0.524. The van der Waals surface area contributed by atoms with Crippen LogP contribution in [-0.2, 0) is 9.53 Å². The first-order valence-electron chi connectivity index (χ1n) is 9.67. The van der Waals surface area contributed by atoms with Crippen molar-refractivity contribution in [1.82, 2.24) is 10.3 Å². The summed E-state index contributed by atoms with van der Waals surface area (Å²) in [5, 5.41) is 4.31. The van der Waals surface area contributed by atoms with Gasteiger partial charge in [-0.2, -0.15) is 0 Å². The van der Waals surface area contributed by atoms with Crippen LogP contribution < -0.4 is 10.1 Å². The number of nitrogens with one attached hydrogen (secondary N) is 1. The summed E-state index contributed by atoms with van der Waals surface area (Å²) in [6, 6.07) is 10.3. The maximum absolute atomic E-state index is 12.3. The molecular weight excluding hydrogens is 328 g/mol. The zero-order valence-corrected chi connectivity index (χ0v) is 15.0. The van der Waals surface area contributed by atoms with Gasteiger partial charge in [0.25, 0.3) is 0 Å². The van der Waals surface area contributed by atoms with Crippen LogP contribution in [0.4, 0.5) is 0 Å². The molecule has 1 saturated carbocycles. The van der Waals surface area contributed by atoms with Crippen molar-refractivity contribution < 1.29 is 14.3 Å². The third-order valence-electron chi connectivity index (χ3n) is 5.43. The molecule has 0 spiro atoms. The summed E-state index contributed by atoms with van der Waals surface area (Å²) in [5.74, 6) is 1.09. The van der Waals surface area contributed by atoms with E-state index in [0.717, 1.165) is 61.8 Å². The highest BCUT2D eigenvalue weighted by molar-refractivity contribution is 5.80. The number of ether oxygens (including phenoxy) is 2. The van der Waals surface area contributed by atoms with E-state index in [4.69, 9.17) is 9.47 Å². The van der Waals surface area contributed by atoms with Gasteiger partial charge in [0, 0.05) is 24.2 Å². The number of benzene rings is 1. The van der Waals surface area contributed by atoms with E-state index in [1.165, 1.54) is 0 Å². The molecule has 1 aliphatic heterocycles. The minimum atomic E-state index is 0.0314. The molecule has 1 amide bonds. The van der Waals surface area contributed by atoms with Crippen molar-refractivity contribution in [3.63, 3.8) is 0 Å². The summed E-state index contributed by atoms with van der Waals surface area (Å²) >= 11 is 0. The predicted octanol–water partition coefficient (Wildman–Crippen LogP) is 3.47. The van der Waals surface area contributed by atoms with Crippen LogP contribution in [0.5, 0.6) is 5.75 Å². The van der Waals surface area contributed by atoms with E-state index >= 15 is 0 Å². The highest BCUT2D eigenvalue weighted by Crippen LogP contribution is 2.26. The molecule has 0 radical (unpaired) electrons. The lowest BCUT2D eigenvalue weighted by Crippen LogP contribution is -2.44. The van der Waals surface area contributed by atoms with Crippen LogP contribution in [0, 0.1) is 5.92 Å². The normalized spacial score (nSPS) is 26.4. The number of hydrogen-bond acceptors (Lipinski definition) is 4. The summed E-state index contributed by atoms with van der Waals surface area (Å²) < 4.78 is 11.6. The molecule has 1 aliphatic carbocycles. The van der Waals surface area contributed by atoms with Gasteiger partial charge in [-0.05, 0) is 62.8 Å². The molecule has 1 atom stereocenters. The van der Waals surface area contributed by atoms with E-state index < -0.39 is 0 Å². The third kappa shape index (κ3) is 4.15. The summed E-state index contributed by atoms with van der Waals surface area (Å²) in [6.45, 7) is 1.36. The lowest BCUT2D eigenvalue weighted by Gasteiger charge is -2.31. The van der Waals surface area contributed by atoms with Crippen molar-refractivity contribution in [2.24, 2.45) is 5.92 Å². The first-order valence-corrected chi connectivity index (χ1v) is 9.67. The highest BCUT2D eigenvalue weighted by Gasteiger charge is 2.27. The van der Waals surface area contributed by atoms with Crippen molar-refractivity contribution in [1.29, 1.82) is 0 Å². The third-order valence-corrected chi connectivity index (χ3v) is 5.43. The molecule has 5 nitrogen and oxygen atoms in total. The van der Waals surface area contributed by atoms with Gasteiger partial charge in [-0.1, -0.05) is 6.07 Å². The van der Waals surface area contributed by atoms with Crippen molar-refractivity contribution in [2.75, 3.05) is 13.2 Å². The number of pyridine rings is 1. The van der Waals surface area contributed by atoms with Gasteiger partial charge in [0.05, 0.1) is 24.1 Å². The smallest absolute Gasteiger partial charge is 0.225 e. The van der Waals surface area contributed by atoms with Gasteiger partial charge in [0.1, 0.15) is 5.75 Å². The van der Waals surface area contributed by atoms with E-state index in [9.17, 15) is 4.79 Å². The van der Waals surface area contributed by atoms with E-state index in [1.807, 2.05) is 18.2 Å². The molecule has 138 valence electrons. The zero-order valence-electron chi connectivity index (χ0n) is 15.0. The molecule has 4 rings (SSSR count). The van der Waals surface area contributed by atoms with Gasteiger partial charge in [0.2, 0.25) is 5.91 Å². The summed E-state index contributed by atoms with van der Waals surface area (Å²) in [6.07, 6.45) is 7.83. The standard InChI is InChI=1S/C21H26N2O3/c24-21(16-4-2-12-25-14-16)23-17-5-7-18(8-6-17)26-19-9-10-20-15(13-19)3-1-11-22-20/h1,3,9-11,13,16-18H,2,4-8,12,14H2,(H,23,24). The molecule has 2 heterocycles. The fourth-order valence-electron chi connectivity index (χ4n) is 3.91. The molecule has 1 aromatic carbocycles. The maximum atomic E-state index is 12.3. The molecule has 1 saturated heterocycles. The Morgan fingerprint density at radius 2 is 2.04 bits per heavy atom. The van der Waals surface area contributed by atoms with Gasteiger partial charge in [-0.15, -0.1) is 0 Å². The first kappa shape index (κ1) is 17.3. The molecule has 1 unspecified atom stereocenters. The lowest BCUT2D eigenvalue weighted by molar-refractivity contribution is -0.130. The average molecular weight is 354 g/mol. The van der Waals surface area contributed by atoms with Gasteiger partial charge >= 0.3 is 0 Å². The summed E-state index contributed by atoms with van der Waals surface area (Å²) in [4.78, 5) is 16.7. The van der Waals surface area contributed by atoms with E-state index in [0.29, 0.717) is 6.61 Å². The van der Waals surface area contributed by atoms with Crippen LogP contribution in [-0.4, -0.2) is 36.3 Å². The Bertz CT molecular complexity index is 750. The number of hydrogen-bond donors (Lipinski definition) is 1. The second-order valence-corrected chi connectivity index (χ2v) is 7.37. The highest BCUT2D eigenvalue weighted by atomic mass is 16.5. The van der Waals surface area contributed by atoms with Crippen molar-refractivity contribution in [2.45, 2.75) is 50.7 Å². The molecule has 1 aromatic heterocycles. The van der Waals surface area contributed by atoms with Crippen LogP contribution in [0.3, 0.4) is 0 Å². The van der Waals surface area contributed by atoms with Gasteiger partial charge < -0.3 is 14.8 Å². The number of fused-ring (bicyclic) bond motifs is 1. The Morgan fingerprint density at radius 1 is 1.15 bits per heavy atom. The van der Waals surface area contributed by atoms with E-state index in [-0.39, 0.29) is 24.0 Å². The summed E-state index contributed by atoms with van der Waals surface area (Å²) in [5.41, 5.74) is 0.984. The van der Waals surface area contributed by atoms with Gasteiger partial charge in [0.15, 0.2) is 0 Å². The SMILES string of the molecule is O=C(NC1CCC(Oc2ccc3ncccc3c2)CC1)C1CCCOC1. The van der Waals surface area contributed by atoms with Crippen LogP contribution in [0.15, 0.2) is 36.5 Å². The molecule has 0 bridgehead atoms. The first-order chi connectivity index (χ1) is 12.8. The van der Waals surface area contributed by atoms with Gasteiger partial charge in [-0.3, -0.25) is 9.78 Å². The molecule has 2 fully saturated rings. The number of rotatable bonds is 4. The quantitative estimate of drug-likeness (QED) is 0.913. The largest absolute Gasteiger partial charge is 0.490 e. The van der Waals surface area contributed by atoms with Crippen LogP contribution in [0.2, 0.25) is 0 Å². The Balaban J connectivity index is 1.27. The molecular formula is C21H26N2O3. The zero-order chi connectivity index (χ0) is 17.8. The lowest BCUT2D eigenvalue weighted by atomic mass is 9.92. The Kier molecular flexibility index (Phi) is 5.34. The second-order valence-electron chi connectivity index (χ2n) is 7.37. The molecule has 2 aromatic rings. The second kappa shape index (κ2) is 8.04. The molecule has 2 aliphatic rings. The Morgan fingerprint density at radius 3 is 2.85 bits per heavy atom. The fourth-order valence-corrected chi connectivity index (χ4v) is 3.91. The Hall–Kier alpha value is -2.14. The van der Waals surface area contributed by atoms with E-state index in [1.54, 1.807) is 6.20 Å². The van der Waals surface area contributed by atoms with Crippen molar-refractivity contribution in [3.05, 3.63) is 36.5 Å². The number of amides is 1. The maximum Gasteiger partial charge on any atom is 0.225 e. The number of aromatic nitrogens is 1. The number of carbonyl (C=O) groups is 1. The number of nitrogens with zero attached hydrogens (tertiary/aromatic N) is 1. The molecule has 5 heteroatoms. The molecule has 26 heavy (non-hydrogen) atoms. The van der Waals surface area contributed by atoms with Crippen molar-refractivity contribution in [3.8, 4) is 5.75 Å². The number of carbonyl (C=O) groups excluding carboxylic acids is 1. The van der Waals surface area contributed by atoms with Crippen LogP contribution in [0.25, 0.3) is 10.9 Å². The molecule has 1 N–H and O–H groups in total. The van der Waals surface area contributed by atoms with Crippen molar-refractivity contribution >= 4 is 16.8 Å². The minimum absolute atomic E-state index is 0.0314. The van der Waals surface area contributed by atoms with Crippen LogP contribution in [0.1, 0.15) is 38.5 Å². The van der Waals surface area contributed by atoms with E-state index in [2.05, 4.69) is 22.4 Å². The summed E-state index contributed by atoms with van der Waals surface area (Å²) in [7, 11) is 0. The topological polar surface area (TPSA) is 60.5 Å². The monoisotopic (exact) mass is 354 g/mol. The Labute approximate surface area is 154 Å². The van der Waals surface area contributed by atoms with Gasteiger partial charge in [-0.25, -0.2) is 0 Å². The predicted molar refractivity (Wildman–Crippen MR) is 100 cm³/mol. The van der Waals surface area contributed by atoms with Crippen LogP contribution >= 0.6 is 0 Å².